The first kappa shape index (κ1) is 16.6. The maximum atomic E-state index is 12.3. The van der Waals surface area contributed by atoms with Gasteiger partial charge in [-0.3, -0.25) is 10.2 Å². The summed E-state index contributed by atoms with van der Waals surface area (Å²) in [6, 6.07) is 5.77. The summed E-state index contributed by atoms with van der Waals surface area (Å²) in [5.41, 5.74) is 4.39. The molecule has 0 unspecified atom stereocenters. The zero-order valence-corrected chi connectivity index (χ0v) is 14.1. The molecule has 0 saturated carbocycles. The van der Waals surface area contributed by atoms with Gasteiger partial charge in [-0.2, -0.15) is 0 Å². The van der Waals surface area contributed by atoms with Crippen LogP contribution < -0.4 is 20.9 Å². The molecule has 0 spiro atoms. The number of carbonyl (C=O) groups excluding carboxylic acids is 1. The van der Waals surface area contributed by atoms with E-state index < -0.39 is 0 Å². The van der Waals surface area contributed by atoms with Gasteiger partial charge in [-0.1, -0.05) is 26.0 Å². The Morgan fingerprint density at radius 2 is 2.23 bits per heavy atom. The van der Waals surface area contributed by atoms with Crippen LogP contribution in [0.1, 0.15) is 52.0 Å². The molecule has 0 aliphatic carbocycles. The van der Waals surface area contributed by atoms with Crippen LogP contribution in [0.3, 0.4) is 0 Å². The van der Waals surface area contributed by atoms with E-state index in [2.05, 4.69) is 37.2 Å². The fourth-order valence-corrected chi connectivity index (χ4v) is 3.78. The number of amides is 1. The maximum Gasteiger partial charge on any atom is 0.256 e. The molecule has 0 bridgehead atoms. The zero-order valence-electron chi connectivity index (χ0n) is 14.1. The van der Waals surface area contributed by atoms with Crippen LogP contribution >= 0.6 is 0 Å². The molecule has 0 radical (unpaired) electrons. The average molecular weight is 305 g/mol. The van der Waals surface area contributed by atoms with Gasteiger partial charge in [-0.15, -0.1) is 0 Å². The standard InChI is InChI=1S/C17H27N3O2/c1-6-13(16(21)19-18)20-15-12(8-7-9-14(15)22-5)11(2)10-17(20,3)4/h7-9,11,13H,6,10,18H2,1-5H3,(H,19,21)/t11-,13-/m1/s1. The van der Waals surface area contributed by atoms with Crippen LogP contribution in [-0.2, 0) is 4.79 Å². The summed E-state index contributed by atoms with van der Waals surface area (Å²) in [5, 5.41) is 0. The number of hydrogen-bond acceptors (Lipinski definition) is 4. The third-order valence-electron chi connectivity index (χ3n) is 4.62. The Balaban J connectivity index is 2.65. The van der Waals surface area contributed by atoms with Crippen LogP contribution in [0, 0.1) is 0 Å². The Kier molecular flexibility index (Phi) is 4.66. The van der Waals surface area contributed by atoms with Crippen LogP contribution in [0.2, 0.25) is 0 Å². The van der Waals surface area contributed by atoms with E-state index in [4.69, 9.17) is 10.6 Å². The van der Waals surface area contributed by atoms with Crippen LogP contribution in [0.25, 0.3) is 0 Å². The van der Waals surface area contributed by atoms with Crippen molar-refractivity contribution in [2.75, 3.05) is 12.0 Å². The van der Waals surface area contributed by atoms with Crippen molar-refractivity contribution in [2.24, 2.45) is 5.84 Å². The number of nitrogens with zero attached hydrogens (tertiary/aromatic N) is 1. The maximum absolute atomic E-state index is 12.3. The Morgan fingerprint density at radius 3 is 2.77 bits per heavy atom. The van der Waals surface area contributed by atoms with Gasteiger partial charge in [0.2, 0.25) is 0 Å². The van der Waals surface area contributed by atoms with Gasteiger partial charge in [0, 0.05) is 5.54 Å². The molecular formula is C17H27N3O2. The summed E-state index contributed by atoms with van der Waals surface area (Å²) in [6.07, 6.45) is 1.65. The number of ether oxygens (including phenoxy) is 1. The lowest BCUT2D eigenvalue weighted by Crippen LogP contribution is -2.59. The van der Waals surface area contributed by atoms with Crippen molar-refractivity contribution in [1.82, 2.24) is 5.43 Å². The number of hydrazine groups is 1. The quantitative estimate of drug-likeness (QED) is 0.510. The van der Waals surface area contributed by atoms with Crippen molar-refractivity contribution < 1.29 is 9.53 Å². The molecule has 0 fully saturated rings. The third kappa shape index (κ3) is 2.65. The van der Waals surface area contributed by atoms with E-state index in [-0.39, 0.29) is 17.5 Å². The largest absolute Gasteiger partial charge is 0.495 e. The van der Waals surface area contributed by atoms with Gasteiger partial charge in [0.15, 0.2) is 0 Å². The van der Waals surface area contributed by atoms with Crippen LogP contribution in [0.4, 0.5) is 5.69 Å². The number of methoxy groups -OCH3 is 1. The Hall–Kier alpha value is -1.75. The van der Waals surface area contributed by atoms with E-state index in [1.165, 1.54) is 5.56 Å². The number of nitrogens with one attached hydrogen (secondary N) is 1. The predicted molar refractivity (Wildman–Crippen MR) is 89.0 cm³/mol. The second-order valence-corrected chi connectivity index (χ2v) is 6.62. The second kappa shape index (κ2) is 6.16. The summed E-state index contributed by atoms with van der Waals surface area (Å²) in [6.45, 7) is 8.57. The first-order valence-corrected chi connectivity index (χ1v) is 7.84. The summed E-state index contributed by atoms with van der Waals surface area (Å²) in [5.74, 6) is 6.46. The molecule has 1 aromatic rings. The van der Waals surface area contributed by atoms with Crippen molar-refractivity contribution in [3.63, 3.8) is 0 Å². The number of carbonyl (C=O) groups is 1. The highest BCUT2D eigenvalue weighted by Gasteiger charge is 2.43. The molecule has 22 heavy (non-hydrogen) atoms. The van der Waals surface area contributed by atoms with Gasteiger partial charge in [0.05, 0.1) is 12.8 Å². The lowest BCUT2D eigenvalue weighted by Gasteiger charge is -2.50. The Morgan fingerprint density at radius 1 is 1.55 bits per heavy atom. The van der Waals surface area contributed by atoms with Crippen molar-refractivity contribution in [3.8, 4) is 5.75 Å². The first-order chi connectivity index (χ1) is 10.4. The number of fused-ring (bicyclic) bond motifs is 1. The zero-order chi connectivity index (χ0) is 16.5. The monoisotopic (exact) mass is 305 g/mol. The number of nitrogens with two attached hydrogens (primary N) is 1. The van der Waals surface area contributed by atoms with Crippen molar-refractivity contribution in [1.29, 1.82) is 0 Å². The van der Waals surface area contributed by atoms with E-state index in [1.807, 2.05) is 19.1 Å². The summed E-state index contributed by atoms with van der Waals surface area (Å²) in [4.78, 5) is 14.5. The number of benzene rings is 1. The number of para-hydroxylation sites is 1. The van der Waals surface area contributed by atoms with E-state index in [0.717, 1.165) is 17.9 Å². The summed E-state index contributed by atoms with van der Waals surface area (Å²) < 4.78 is 5.59. The van der Waals surface area contributed by atoms with Gasteiger partial charge >= 0.3 is 0 Å². The minimum Gasteiger partial charge on any atom is -0.495 e. The topological polar surface area (TPSA) is 67.6 Å². The molecule has 0 aromatic heterocycles. The highest BCUT2D eigenvalue weighted by Crippen LogP contribution is 2.48. The van der Waals surface area contributed by atoms with Gasteiger partial charge < -0.3 is 9.64 Å². The van der Waals surface area contributed by atoms with Crippen molar-refractivity contribution in [2.45, 2.75) is 58.0 Å². The normalized spacial score (nSPS) is 21.0. The predicted octanol–water partition coefficient (Wildman–Crippen LogP) is 2.56. The van der Waals surface area contributed by atoms with Gasteiger partial charge in [-0.25, -0.2) is 5.84 Å². The fourth-order valence-electron chi connectivity index (χ4n) is 3.78. The molecule has 3 N–H and O–H groups in total. The van der Waals surface area contributed by atoms with E-state index in [1.54, 1.807) is 7.11 Å². The summed E-state index contributed by atoms with van der Waals surface area (Å²) in [7, 11) is 1.67. The minimum atomic E-state index is -0.317. The van der Waals surface area contributed by atoms with Gasteiger partial charge in [-0.05, 0) is 44.2 Å². The minimum absolute atomic E-state index is 0.158. The molecule has 1 heterocycles. The van der Waals surface area contributed by atoms with Gasteiger partial charge in [0.1, 0.15) is 11.8 Å². The van der Waals surface area contributed by atoms with E-state index >= 15 is 0 Å². The lowest BCUT2D eigenvalue weighted by molar-refractivity contribution is -0.122. The van der Waals surface area contributed by atoms with Gasteiger partial charge in [0.25, 0.3) is 5.91 Å². The molecule has 1 amide bonds. The molecule has 1 aliphatic rings. The highest BCUT2D eigenvalue weighted by atomic mass is 16.5. The molecule has 5 heteroatoms. The molecular weight excluding hydrogens is 278 g/mol. The molecule has 1 aromatic carbocycles. The SMILES string of the molecule is CC[C@H](C(=O)NN)N1c2c(OC)cccc2[C@H](C)CC1(C)C. The van der Waals surface area contributed by atoms with Crippen LogP contribution in [0.5, 0.6) is 5.75 Å². The number of anilines is 1. The van der Waals surface area contributed by atoms with Crippen LogP contribution in [-0.4, -0.2) is 24.6 Å². The molecule has 1 aliphatic heterocycles. The van der Waals surface area contributed by atoms with E-state index in [9.17, 15) is 4.79 Å². The smallest absolute Gasteiger partial charge is 0.256 e. The summed E-state index contributed by atoms with van der Waals surface area (Å²) >= 11 is 0. The van der Waals surface area contributed by atoms with Crippen LogP contribution in [0.15, 0.2) is 18.2 Å². The molecule has 2 atom stereocenters. The lowest BCUT2D eigenvalue weighted by atomic mass is 9.78. The molecule has 2 rings (SSSR count). The average Bonchev–Trinajstić information content (AvgIpc) is 2.49. The Labute approximate surface area is 132 Å². The van der Waals surface area contributed by atoms with Crippen molar-refractivity contribution >= 4 is 11.6 Å². The third-order valence-corrected chi connectivity index (χ3v) is 4.62. The molecule has 0 saturated heterocycles. The molecule has 122 valence electrons. The highest BCUT2D eigenvalue weighted by molar-refractivity contribution is 5.87. The van der Waals surface area contributed by atoms with E-state index in [0.29, 0.717) is 12.3 Å². The molecule has 5 nitrogen and oxygen atoms in total. The fraction of sp³-hybridized carbons (Fsp3) is 0.588. The number of rotatable bonds is 4. The second-order valence-electron chi connectivity index (χ2n) is 6.62. The Bertz CT molecular complexity index is 557. The van der Waals surface area contributed by atoms with Crippen molar-refractivity contribution in [3.05, 3.63) is 23.8 Å². The first-order valence-electron chi connectivity index (χ1n) is 7.84. The number of hydrogen-bond donors (Lipinski definition) is 2.